The number of benzene rings is 1. The van der Waals surface area contributed by atoms with Gasteiger partial charge in [-0.25, -0.2) is 4.39 Å². The first kappa shape index (κ1) is 18.2. The van der Waals surface area contributed by atoms with Crippen LogP contribution in [0.15, 0.2) is 41.5 Å². The van der Waals surface area contributed by atoms with E-state index in [1.807, 2.05) is 6.07 Å². The molecule has 2 N–H and O–H groups in total. The molecule has 2 atom stereocenters. The number of aromatic nitrogens is 1. The van der Waals surface area contributed by atoms with Crippen molar-refractivity contribution in [1.82, 2.24) is 4.98 Å². The van der Waals surface area contributed by atoms with Crippen LogP contribution < -0.4 is 5.73 Å². The number of halogens is 1. The number of aliphatic imine (C=N–C) groups is 1. The van der Waals surface area contributed by atoms with Gasteiger partial charge in [-0.2, -0.15) is 0 Å². The fraction of sp³-hybridized carbons (Fsp3) is 0.381. The van der Waals surface area contributed by atoms with Gasteiger partial charge in [-0.1, -0.05) is 30.0 Å². The maximum absolute atomic E-state index is 13.0. The number of ketones is 1. The van der Waals surface area contributed by atoms with Gasteiger partial charge in [0.2, 0.25) is 0 Å². The maximum Gasteiger partial charge on any atom is 0.185 e. The molecule has 140 valence electrons. The van der Waals surface area contributed by atoms with E-state index in [0.29, 0.717) is 11.1 Å². The number of carbonyl (C=O) groups is 1. The second-order valence-electron chi connectivity index (χ2n) is 7.45. The summed E-state index contributed by atoms with van der Waals surface area (Å²) in [6.45, 7) is 2.17. The Morgan fingerprint density at radius 3 is 3.00 bits per heavy atom. The average Bonchev–Trinajstić information content (AvgIpc) is 2.78. The summed E-state index contributed by atoms with van der Waals surface area (Å²) < 4.78 is 13.0. The first-order valence-electron chi connectivity index (χ1n) is 9.21. The molecule has 2 aromatic rings. The maximum atomic E-state index is 13.0. The summed E-state index contributed by atoms with van der Waals surface area (Å²) in [5, 5.41) is 0.638. The second kappa shape index (κ2) is 7.08. The van der Waals surface area contributed by atoms with E-state index in [-0.39, 0.29) is 23.4 Å². The summed E-state index contributed by atoms with van der Waals surface area (Å²) in [5.41, 5.74) is 9.41. The molecule has 27 heavy (non-hydrogen) atoms. The van der Waals surface area contributed by atoms with Crippen molar-refractivity contribution in [2.24, 2.45) is 16.6 Å². The SMILES string of the molecule is C[C@]12N=C(N)SC[C@H]1CCCc1ccc(CC(=O)c3ccc(F)cn3)cc12. The highest BCUT2D eigenvalue weighted by Gasteiger charge is 2.41. The van der Waals surface area contributed by atoms with Crippen LogP contribution in [-0.4, -0.2) is 21.7 Å². The highest BCUT2D eigenvalue weighted by Crippen LogP contribution is 2.45. The van der Waals surface area contributed by atoms with Crippen LogP contribution in [0.5, 0.6) is 0 Å². The number of amidine groups is 1. The van der Waals surface area contributed by atoms with E-state index in [1.165, 1.54) is 23.3 Å². The van der Waals surface area contributed by atoms with Gasteiger partial charge in [-0.05, 0) is 60.9 Å². The third-order valence-corrected chi connectivity index (χ3v) is 6.62. The molecule has 2 aliphatic rings. The summed E-state index contributed by atoms with van der Waals surface area (Å²) in [6, 6.07) is 8.94. The van der Waals surface area contributed by atoms with Crippen LogP contribution in [0.3, 0.4) is 0 Å². The van der Waals surface area contributed by atoms with Gasteiger partial charge in [-0.15, -0.1) is 0 Å². The molecular weight excluding hydrogens is 361 g/mol. The molecule has 0 fully saturated rings. The average molecular weight is 383 g/mol. The molecule has 0 radical (unpaired) electrons. The lowest BCUT2D eigenvalue weighted by Crippen LogP contribution is -2.37. The summed E-state index contributed by atoms with van der Waals surface area (Å²) in [7, 11) is 0. The minimum absolute atomic E-state index is 0.118. The van der Waals surface area contributed by atoms with Gasteiger partial charge >= 0.3 is 0 Å². The van der Waals surface area contributed by atoms with Crippen LogP contribution in [0.4, 0.5) is 4.39 Å². The minimum Gasteiger partial charge on any atom is -0.379 e. The van der Waals surface area contributed by atoms with E-state index in [2.05, 4.69) is 24.0 Å². The Morgan fingerprint density at radius 2 is 2.22 bits per heavy atom. The molecule has 1 aromatic carbocycles. The van der Waals surface area contributed by atoms with Gasteiger partial charge in [0.1, 0.15) is 11.5 Å². The zero-order chi connectivity index (χ0) is 19.0. The summed E-state index contributed by atoms with van der Waals surface area (Å²) >= 11 is 1.63. The van der Waals surface area contributed by atoms with Gasteiger partial charge in [0.15, 0.2) is 11.0 Å². The predicted molar refractivity (Wildman–Crippen MR) is 107 cm³/mol. The van der Waals surface area contributed by atoms with Crippen molar-refractivity contribution < 1.29 is 9.18 Å². The van der Waals surface area contributed by atoms with Gasteiger partial charge in [-0.3, -0.25) is 14.8 Å². The molecule has 0 saturated carbocycles. The Kier molecular flexibility index (Phi) is 4.76. The number of fused-ring (bicyclic) bond motifs is 3. The van der Waals surface area contributed by atoms with E-state index in [0.717, 1.165) is 36.8 Å². The van der Waals surface area contributed by atoms with Crippen molar-refractivity contribution in [3.8, 4) is 0 Å². The largest absolute Gasteiger partial charge is 0.379 e. The van der Waals surface area contributed by atoms with Gasteiger partial charge in [0.05, 0.1) is 11.7 Å². The molecule has 2 heterocycles. The Morgan fingerprint density at radius 1 is 1.37 bits per heavy atom. The highest BCUT2D eigenvalue weighted by molar-refractivity contribution is 8.13. The molecule has 0 saturated heterocycles. The smallest absolute Gasteiger partial charge is 0.185 e. The molecule has 4 nitrogen and oxygen atoms in total. The zero-order valence-corrected chi connectivity index (χ0v) is 16.1. The summed E-state index contributed by atoms with van der Waals surface area (Å²) in [5.74, 6) is 0.864. The lowest BCUT2D eigenvalue weighted by molar-refractivity contribution is 0.0988. The van der Waals surface area contributed by atoms with Gasteiger partial charge < -0.3 is 5.73 Å². The molecule has 1 aromatic heterocycles. The van der Waals surface area contributed by atoms with Crippen LogP contribution in [0.2, 0.25) is 0 Å². The van der Waals surface area contributed by atoms with Crippen LogP contribution >= 0.6 is 11.8 Å². The van der Waals surface area contributed by atoms with Crippen molar-refractivity contribution in [3.05, 3.63) is 64.7 Å². The van der Waals surface area contributed by atoms with Crippen molar-refractivity contribution in [3.63, 3.8) is 0 Å². The standard InChI is InChI=1S/C21H22FN3OS/c1-21-15(12-27-20(23)25-21)4-2-3-14-6-5-13(9-17(14)21)10-19(26)18-8-7-16(22)11-24-18/h5-9,11,15H,2-4,10,12H2,1H3,(H2,23,25)/t15-,21+/m1/s1. The van der Waals surface area contributed by atoms with Crippen LogP contribution in [-0.2, 0) is 18.4 Å². The number of thioether (sulfide) groups is 1. The Hall–Kier alpha value is -2.21. The van der Waals surface area contributed by atoms with Crippen molar-refractivity contribution in [1.29, 1.82) is 0 Å². The highest BCUT2D eigenvalue weighted by atomic mass is 32.2. The van der Waals surface area contributed by atoms with Crippen molar-refractivity contribution >= 4 is 22.7 Å². The van der Waals surface area contributed by atoms with E-state index >= 15 is 0 Å². The number of nitrogens with zero attached hydrogens (tertiary/aromatic N) is 2. The van der Waals surface area contributed by atoms with Crippen molar-refractivity contribution in [2.45, 2.75) is 38.1 Å². The third kappa shape index (κ3) is 3.50. The topological polar surface area (TPSA) is 68.3 Å². The van der Waals surface area contributed by atoms with Gasteiger partial charge in [0.25, 0.3) is 0 Å². The Labute approximate surface area is 162 Å². The quantitative estimate of drug-likeness (QED) is 0.817. The lowest BCUT2D eigenvalue weighted by Gasteiger charge is -2.37. The Balaban J connectivity index is 1.68. The van der Waals surface area contributed by atoms with E-state index in [1.54, 1.807) is 11.8 Å². The molecule has 4 rings (SSSR count). The molecular formula is C21H22FN3OS. The number of carbonyl (C=O) groups excluding carboxylic acids is 1. The van der Waals surface area contributed by atoms with Gasteiger partial charge in [0, 0.05) is 12.2 Å². The van der Waals surface area contributed by atoms with E-state index < -0.39 is 5.82 Å². The predicted octanol–water partition coefficient (Wildman–Crippen LogP) is 3.88. The van der Waals surface area contributed by atoms with Crippen LogP contribution in [0.1, 0.15) is 46.9 Å². The third-order valence-electron chi connectivity index (χ3n) is 5.67. The molecule has 6 heteroatoms. The molecule has 0 bridgehead atoms. The molecule has 0 spiro atoms. The van der Waals surface area contributed by atoms with Crippen molar-refractivity contribution in [2.75, 3.05) is 5.75 Å². The lowest BCUT2D eigenvalue weighted by atomic mass is 9.78. The van der Waals surface area contributed by atoms with Crippen LogP contribution in [0.25, 0.3) is 0 Å². The zero-order valence-electron chi connectivity index (χ0n) is 15.2. The molecule has 0 unspecified atom stereocenters. The minimum atomic E-state index is -0.443. The first-order valence-corrected chi connectivity index (χ1v) is 10.2. The summed E-state index contributed by atoms with van der Waals surface area (Å²) in [6.07, 6.45) is 4.60. The normalized spacial score (nSPS) is 24.4. The number of aryl methyl sites for hydroxylation is 1. The number of hydrogen-bond acceptors (Lipinski definition) is 5. The first-order chi connectivity index (χ1) is 13.0. The fourth-order valence-electron chi connectivity index (χ4n) is 4.12. The monoisotopic (exact) mass is 383 g/mol. The number of nitrogens with two attached hydrogens (primary N) is 1. The molecule has 0 amide bonds. The number of rotatable bonds is 3. The van der Waals surface area contributed by atoms with E-state index in [9.17, 15) is 9.18 Å². The van der Waals surface area contributed by atoms with Crippen LogP contribution in [0, 0.1) is 11.7 Å². The number of Topliss-reactive ketones (excluding diaryl/α,β-unsaturated/α-hetero) is 1. The number of pyridine rings is 1. The van der Waals surface area contributed by atoms with E-state index in [4.69, 9.17) is 10.7 Å². The molecule has 1 aliphatic carbocycles. The summed E-state index contributed by atoms with van der Waals surface area (Å²) in [4.78, 5) is 21.3. The second-order valence-corrected chi connectivity index (χ2v) is 8.49. The molecule has 1 aliphatic heterocycles. The number of hydrogen-bond donors (Lipinski definition) is 1. The fourth-order valence-corrected chi connectivity index (χ4v) is 5.24. The Bertz CT molecular complexity index is 912.